The molecule has 1 rings (SSSR count). The van der Waals surface area contributed by atoms with Gasteiger partial charge in [-0.25, -0.2) is 4.79 Å². The fourth-order valence-corrected chi connectivity index (χ4v) is 2.51. The lowest BCUT2D eigenvalue weighted by atomic mass is 10.2. The number of piperazine rings is 1. The molecule has 7 heteroatoms. The van der Waals surface area contributed by atoms with Crippen molar-refractivity contribution in [3.8, 4) is 0 Å². The number of amides is 1. The Morgan fingerprint density at radius 3 is 2.32 bits per heavy atom. The van der Waals surface area contributed by atoms with E-state index in [0.29, 0.717) is 5.92 Å². The molecule has 0 aromatic carbocycles. The molecule has 1 amide bonds. The predicted molar refractivity (Wildman–Crippen MR) is 103 cm³/mol. The van der Waals surface area contributed by atoms with Crippen LogP contribution in [0.25, 0.3) is 0 Å². The van der Waals surface area contributed by atoms with Crippen molar-refractivity contribution in [1.29, 1.82) is 0 Å². The van der Waals surface area contributed by atoms with Crippen molar-refractivity contribution < 1.29 is 9.53 Å². The van der Waals surface area contributed by atoms with Crippen molar-refractivity contribution in [3.05, 3.63) is 0 Å². The molecule has 0 atom stereocenters. The number of hydrogen-bond donors (Lipinski definition) is 2. The molecular weight excluding hydrogens is 318 g/mol. The number of hydrogen-bond acceptors (Lipinski definition) is 4. The van der Waals surface area contributed by atoms with Crippen LogP contribution in [0.15, 0.2) is 4.99 Å². The molecule has 146 valence electrons. The van der Waals surface area contributed by atoms with E-state index < -0.39 is 5.60 Å². The number of guanidine groups is 1. The minimum absolute atomic E-state index is 0.200. The Kier molecular flexibility index (Phi) is 9.03. The van der Waals surface area contributed by atoms with Crippen molar-refractivity contribution in [2.45, 2.75) is 46.6 Å². The molecule has 1 aliphatic rings. The van der Waals surface area contributed by atoms with Gasteiger partial charge in [0.15, 0.2) is 5.96 Å². The van der Waals surface area contributed by atoms with E-state index in [2.05, 4.69) is 34.4 Å². The molecule has 0 saturated carbocycles. The van der Waals surface area contributed by atoms with Gasteiger partial charge in [-0.05, 0) is 39.7 Å². The minimum atomic E-state index is -0.429. The van der Waals surface area contributed by atoms with Gasteiger partial charge in [0.05, 0.1) is 0 Å². The van der Waals surface area contributed by atoms with Gasteiger partial charge in [0.2, 0.25) is 0 Å². The molecule has 1 fully saturated rings. The summed E-state index contributed by atoms with van der Waals surface area (Å²) in [5.74, 6) is 1.46. The molecule has 25 heavy (non-hydrogen) atoms. The molecule has 7 nitrogen and oxygen atoms in total. The fraction of sp³-hybridized carbons (Fsp3) is 0.889. The lowest BCUT2D eigenvalue weighted by molar-refractivity contribution is 0.0145. The lowest BCUT2D eigenvalue weighted by Crippen LogP contribution is -2.50. The number of nitrogens with zero attached hydrogens (tertiary/aromatic N) is 3. The van der Waals surface area contributed by atoms with Crippen LogP contribution in [0, 0.1) is 5.92 Å². The van der Waals surface area contributed by atoms with Gasteiger partial charge in [-0.15, -0.1) is 0 Å². The molecule has 0 unspecified atom stereocenters. The number of carbonyl (C=O) groups excluding carboxylic acids is 1. The highest BCUT2D eigenvalue weighted by Crippen LogP contribution is 2.11. The SMILES string of the molecule is CN=C(NCCCN1CCN(C(=O)OC(C)(C)C)CC1)NCC(C)C. The van der Waals surface area contributed by atoms with E-state index >= 15 is 0 Å². The Morgan fingerprint density at radius 2 is 1.80 bits per heavy atom. The maximum absolute atomic E-state index is 12.1. The number of aliphatic imine (C=N–C) groups is 1. The van der Waals surface area contributed by atoms with Crippen molar-refractivity contribution in [2.24, 2.45) is 10.9 Å². The molecular formula is C18H37N5O2. The first-order chi connectivity index (χ1) is 11.7. The molecule has 2 N–H and O–H groups in total. The van der Waals surface area contributed by atoms with E-state index in [1.165, 1.54) is 0 Å². The van der Waals surface area contributed by atoms with Crippen LogP contribution in [0.3, 0.4) is 0 Å². The summed E-state index contributed by atoms with van der Waals surface area (Å²) in [7, 11) is 1.80. The summed E-state index contributed by atoms with van der Waals surface area (Å²) < 4.78 is 5.43. The largest absolute Gasteiger partial charge is 0.444 e. The third kappa shape index (κ3) is 9.53. The lowest BCUT2D eigenvalue weighted by Gasteiger charge is -2.35. The number of ether oxygens (including phenoxy) is 1. The van der Waals surface area contributed by atoms with Gasteiger partial charge in [0.25, 0.3) is 0 Å². The molecule has 0 radical (unpaired) electrons. The zero-order valence-corrected chi connectivity index (χ0v) is 16.9. The molecule has 0 bridgehead atoms. The van der Waals surface area contributed by atoms with E-state index in [4.69, 9.17) is 4.74 Å². The second-order valence-electron chi connectivity index (χ2n) is 7.94. The topological polar surface area (TPSA) is 69.2 Å². The Bertz CT molecular complexity index is 424. The summed E-state index contributed by atoms with van der Waals surface area (Å²) in [6.07, 6.45) is 0.850. The van der Waals surface area contributed by atoms with Gasteiger partial charge in [-0.3, -0.25) is 9.89 Å². The Morgan fingerprint density at radius 1 is 1.16 bits per heavy atom. The third-order valence-corrected chi connectivity index (χ3v) is 3.87. The molecule has 1 saturated heterocycles. The normalized spacial score (nSPS) is 16.9. The fourth-order valence-electron chi connectivity index (χ4n) is 2.51. The van der Waals surface area contributed by atoms with E-state index in [0.717, 1.165) is 58.2 Å². The highest BCUT2D eigenvalue weighted by Gasteiger charge is 2.25. The van der Waals surface area contributed by atoms with Crippen molar-refractivity contribution >= 4 is 12.1 Å². The van der Waals surface area contributed by atoms with Crippen LogP contribution in [0.5, 0.6) is 0 Å². The predicted octanol–water partition coefficient (Wildman–Crippen LogP) is 1.75. The first-order valence-electron chi connectivity index (χ1n) is 9.36. The van der Waals surface area contributed by atoms with Crippen LogP contribution in [0.2, 0.25) is 0 Å². The van der Waals surface area contributed by atoms with Gasteiger partial charge in [0, 0.05) is 46.3 Å². The molecule has 0 spiro atoms. The zero-order valence-electron chi connectivity index (χ0n) is 16.9. The Hall–Kier alpha value is -1.50. The van der Waals surface area contributed by atoms with Gasteiger partial charge in [-0.2, -0.15) is 0 Å². The van der Waals surface area contributed by atoms with Crippen LogP contribution in [0.4, 0.5) is 4.79 Å². The van der Waals surface area contributed by atoms with E-state index in [-0.39, 0.29) is 6.09 Å². The summed E-state index contributed by atoms with van der Waals surface area (Å²) in [6, 6.07) is 0. The van der Waals surface area contributed by atoms with Gasteiger partial charge < -0.3 is 20.3 Å². The summed E-state index contributed by atoms with van der Waals surface area (Å²) in [5, 5.41) is 6.66. The van der Waals surface area contributed by atoms with E-state index in [1.807, 2.05) is 20.8 Å². The maximum atomic E-state index is 12.1. The van der Waals surface area contributed by atoms with Crippen molar-refractivity contribution in [1.82, 2.24) is 20.4 Å². The average Bonchev–Trinajstić information content (AvgIpc) is 2.53. The molecule has 0 aliphatic carbocycles. The minimum Gasteiger partial charge on any atom is -0.444 e. The summed E-state index contributed by atoms with van der Waals surface area (Å²) in [4.78, 5) is 20.5. The van der Waals surface area contributed by atoms with Crippen LogP contribution >= 0.6 is 0 Å². The highest BCUT2D eigenvalue weighted by atomic mass is 16.6. The number of rotatable bonds is 6. The van der Waals surface area contributed by atoms with Gasteiger partial charge in [-0.1, -0.05) is 13.8 Å². The summed E-state index contributed by atoms with van der Waals surface area (Å²) in [6.45, 7) is 16.2. The zero-order chi connectivity index (χ0) is 18.9. The van der Waals surface area contributed by atoms with Gasteiger partial charge >= 0.3 is 6.09 Å². The third-order valence-electron chi connectivity index (χ3n) is 3.87. The quantitative estimate of drug-likeness (QED) is 0.432. The second-order valence-corrected chi connectivity index (χ2v) is 7.94. The first-order valence-corrected chi connectivity index (χ1v) is 9.36. The molecule has 1 aliphatic heterocycles. The first kappa shape index (κ1) is 21.5. The van der Waals surface area contributed by atoms with Crippen LogP contribution in [0.1, 0.15) is 41.0 Å². The van der Waals surface area contributed by atoms with E-state index in [1.54, 1.807) is 11.9 Å². The highest BCUT2D eigenvalue weighted by molar-refractivity contribution is 5.79. The van der Waals surface area contributed by atoms with E-state index in [9.17, 15) is 4.79 Å². The standard InChI is InChI=1S/C18H37N5O2/c1-15(2)14-21-16(19-6)20-8-7-9-22-10-12-23(13-11-22)17(24)25-18(3,4)5/h15H,7-14H2,1-6H3,(H2,19,20,21). The molecule has 1 heterocycles. The maximum Gasteiger partial charge on any atom is 0.410 e. The second kappa shape index (κ2) is 10.5. The van der Waals surface area contributed by atoms with Crippen molar-refractivity contribution in [2.75, 3.05) is 52.9 Å². The van der Waals surface area contributed by atoms with Crippen LogP contribution in [-0.4, -0.2) is 80.3 Å². The monoisotopic (exact) mass is 355 g/mol. The molecule has 0 aromatic heterocycles. The average molecular weight is 356 g/mol. The number of carbonyl (C=O) groups is 1. The smallest absolute Gasteiger partial charge is 0.410 e. The number of nitrogens with one attached hydrogen (secondary N) is 2. The summed E-state index contributed by atoms with van der Waals surface area (Å²) >= 11 is 0. The Balaban J connectivity index is 2.17. The van der Waals surface area contributed by atoms with Crippen molar-refractivity contribution in [3.63, 3.8) is 0 Å². The molecule has 0 aromatic rings. The van der Waals surface area contributed by atoms with Gasteiger partial charge in [0.1, 0.15) is 5.60 Å². The Labute approximate surface area is 153 Å². The van der Waals surface area contributed by atoms with Crippen LogP contribution < -0.4 is 10.6 Å². The summed E-state index contributed by atoms with van der Waals surface area (Å²) in [5.41, 5.74) is -0.429. The van der Waals surface area contributed by atoms with Crippen LogP contribution in [-0.2, 0) is 4.74 Å².